The summed E-state index contributed by atoms with van der Waals surface area (Å²) in [6.45, 7) is 0. The van der Waals surface area contributed by atoms with Crippen molar-refractivity contribution in [3.63, 3.8) is 0 Å². The van der Waals surface area contributed by atoms with Gasteiger partial charge in [0.1, 0.15) is 0 Å². The smallest absolute Gasteiger partial charge is 0.258 e. The van der Waals surface area contributed by atoms with Gasteiger partial charge in [-0.25, -0.2) is 0 Å². The van der Waals surface area contributed by atoms with E-state index in [1.807, 2.05) is 18.2 Å². The quantitative estimate of drug-likeness (QED) is 0.704. The van der Waals surface area contributed by atoms with E-state index in [0.717, 1.165) is 5.56 Å². The van der Waals surface area contributed by atoms with Gasteiger partial charge in [0.05, 0.1) is 21.3 Å². The number of anilines is 1. The topological polar surface area (TPSA) is 76.3 Å². The molecule has 1 heterocycles. The third-order valence-corrected chi connectivity index (χ3v) is 4.71. The number of pyridine rings is 1. The average Bonchev–Trinajstić information content (AvgIpc) is 2.67. The molecule has 2 N–H and O–H groups in total. The molecule has 2 amide bonds. The van der Waals surface area contributed by atoms with Gasteiger partial charge in [-0.2, -0.15) is 0 Å². The summed E-state index contributed by atoms with van der Waals surface area (Å²) in [5.74, 6) is -0.938. The lowest BCUT2D eigenvalue weighted by Crippen LogP contribution is -2.26. The largest absolute Gasteiger partial charge is 0.366 e. The molecule has 5 nitrogen and oxygen atoms in total. The number of carbonyl (C=O) groups excluding carboxylic acids is 2. The Morgan fingerprint density at radius 1 is 1.00 bits per heavy atom. The number of aromatic nitrogens is 1. The van der Waals surface area contributed by atoms with Crippen LogP contribution in [-0.4, -0.2) is 23.8 Å². The first-order valence-corrected chi connectivity index (χ1v) is 8.72. The van der Waals surface area contributed by atoms with Crippen LogP contribution in [0.25, 0.3) is 11.3 Å². The fourth-order valence-corrected chi connectivity index (χ4v) is 3.09. The van der Waals surface area contributed by atoms with Gasteiger partial charge in [0.2, 0.25) is 5.91 Å². The molecule has 3 rings (SSSR count). The maximum atomic E-state index is 12.8. The van der Waals surface area contributed by atoms with Gasteiger partial charge in [0.25, 0.3) is 5.91 Å². The van der Waals surface area contributed by atoms with Gasteiger partial charge in [-0.1, -0.05) is 29.3 Å². The fraction of sp³-hybridized carbons (Fsp3) is 0.0500. The highest BCUT2D eigenvalue weighted by Crippen LogP contribution is 2.31. The summed E-state index contributed by atoms with van der Waals surface area (Å²) in [6.07, 6.45) is 1.68. The van der Waals surface area contributed by atoms with E-state index in [1.54, 1.807) is 31.4 Å². The number of hydrogen-bond donors (Lipinski definition) is 1. The molecule has 0 atom stereocenters. The molecule has 2 aromatic carbocycles. The number of carbonyl (C=O) groups is 2. The van der Waals surface area contributed by atoms with E-state index in [4.69, 9.17) is 28.9 Å². The molecule has 0 aliphatic carbocycles. The second kappa shape index (κ2) is 7.78. The van der Waals surface area contributed by atoms with E-state index in [9.17, 15) is 9.59 Å². The van der Waals surface area contributed by atoms with Crippen molar-refractivity contribution in [2.45, 2.75) is 0 Å². The van der Waals surface area contributed by atoms with Crippen LogP contribution in [0.15, 0.2) is 60.8 Å². The van der Waals surface area contributed by atoms with Crippen molar-refractivity contribution >= 4 is 40.7 Å². The zero-order valence-corrected chi connectivity index (χ0v) is 15.8. The van der Waals surface area contributed by atoms with Gasteiger partial charge < -0.3 is 10.6 Å². The molecule has 0 saturated carbocycles. The highest BCUT2D eigenvalue weighted by molar-refractivity contribution is 6.34. The molecule has 0 aliphatic rings. The van der Waals surface area contributed by atoms with E-state index >= 15 is 0 Å². The van der Waals surface area contributed by atoms with Crippen LogP contribution in [0, 0.1) is 0 Å². The monoisotopic (exact) mass is 399 g/mol. The van der Waals surface area contributed by atoms with Crippen molar-refractivity contribution in [2.75, 3.05) is 11.9 Å². The van der Waals surface area contributed by atoms with Crippen molar-refractivity contribution < 1.29 is 9.59 Å². The van der Waals surface area contributed by atoms with Crippen LogP contribution in [0.4, 0.5) is 5.69 Å². The van der Waals surface area contributed by atoms with E-state index in [-0.39, 0.29) is 16.5 Å². The molecule has 0 saturated heterocycles. The van der Waals surface area contributed by atoms with Gasteiger partial charge in [-0.15, -0.1) is 0 Å². The second-order valence-corrected chi connectivity index (χ2v) is 6.62. The highest BCUT2D eigenvalue weighted by Gasteiger charge is 2.17. The summed E-state index contributed by atoms with van der Waals surface area (Å²) in [7, 11) is 1.64. The molecule has 7 heteroatoms. The normalized spacial score (nSPS) is 10.5. The van der Waals surface area contributed by atoms with Gasteiger partial charge in [0, 0.05) is 30.1 Å². The molecule has 27 heavy (non-hydrogen) atoms. The number of nitrogens with two attached hydrogens (primary N) is 1. The van der Waals surface area contributed by atoms with Crippen LogP contribution in [0.2, 0.25) is 10.0 Å². The number of rotatable bonds is 4. The lowest BCUT2D eigenvalue weighted by Gasteiger charge is -2.19. The number of nitrogens with zero attached hydrogens (tertiary/aromatic N) is 2. The van der Waals surface area contributed by atoms with Crippen molar-refractivity contribution in [1.82, 2.24) is 4.98 Å². The number of primary amides is 1. The zero-order chi connectivity index (χ0) is 19.6. The molecule has 0 fully saturated rings. The predicted octanol–water partition coefficient (Wildman–Crippen LogP) is 4.43. The minimum absolute atomic E-state index is 0.132. The van der Waals surface area contributed by atoms with Gasteiger partial charge in [0.15, 0.2) is 0 Å². The second-order valence-electron chi connectivity index (χ2n) is 5.80. The lowest BCUT2D eigenvalue weighted by molar-refractivity contribution is 0.0984. The third kappa shape index (κ3) is 3.94. The first kappa shape index (κ1) is 18.9. The Morgan fingerprint density at radius 3 is 2.41 bits per heavy atom. The Kier molecular flexibility index (Phi) is 5.44. The van der Waals surface area contributed by atoms with Gasteiger partial charge in [-0.3, -0.25) is 14.6 Å². The predicted molar refractivity (Wildman–Crippen MR) is 107 cm³/mol. The first-order valence-electron chi connectivity index (χ1n) is 7.97. The Hall–Kier alpha value is -2.89. The molecule has 0 aliphatic heterocycles. The zero-order valence-electron chi connectivity index (χ0n) is 14.3. The standard InChI is InChI=1S/C20H15Cl2N3O2/c1-25(20(27)12-5-7-14(19(23)26)17(22)10-12)13-6-8-16(21)15(11-13)18-4-2-3-9-24-18/h2-11H,1H3,(H2,23,26). The third-order valence-electron chi connectivity index (χ3n) is 4.06. The minimum atomic E-state index is -0.648. The molecule has 0 spiro atoms. The number of amides is 2. The number of halogens is 2. The summed E-state index contributed by atoms with van der Waals surface area (Å²) >= 11 is 12.3. The summed E-state index contributed by atoms with van der Waals surface area (Å²) in [4.78, 5) is 29.9. The molecule has 0 radical (unpaired) electrons. The number of hydrogen-bond acceptors (Lipinski definition) is 3. The SMILES string of the molecule is CN(C(=O)c1ccc(C(N)=O)c(Cl)c1)c1ccc(Cl)c(-c2ccccn2)c1. The van der Waals surface area contributed by atoms with E-state index in [2.05, 4.69) is 4.98 Å². The average molecular weight is 400 g/mol. The van der Waals surface area contributed by atoms with Crippen molar-refractivity contribution in [3.8, 4) is 11.3 Å². The summed E-state index contributed by atoms with van der Waals surface area (Å²) in [6, 6.07) is 15.2. The van der Waals surface area contributed by atoms with Gasteiger partial charge >= 0.3 is 0 Å². The molecule has 0 bridgehead atoms. The number of benzene rings is 2. The Labute approximate surface area is 166 Å². The maximum Gasteiger partial charge on any atom is 0.258 e. The van der Waals surface area contributed by atoms with Crippen LogP contribution >= 0.6 is 23.2 Å². The maximum absolute atomic E-state index is 12.8. The van der Waals surface area contributed by atoms with Crippen LogP contribution in [0.5, 0.6) is 0 Å². The Balaban J connectivity index is 1.94. The first-order chi connectivity index (χ1) is 12.9. The Morgan fingerprint density at radius 2 is 1.78 bits per heavy atom. The van der Waals surface area contributed by atoms with Crippen LogP contribution in [-0.2, 0) is 0 Å². The van der Waals surface area contributed by atoms with E-state index in [0.29, 0.717) is 22.0 Å². The molecule has 1 aromatic heterocycles. The molecular formula is C20H15Cl2N3O2. The van der Waals surface area contributed by atoms with Crippen molar-refractivity contribution in [3.05, 3.63) is 82.0 Å². The molecule has 3 aromatic rings. The van der Waals surface area contributed by atoms with Gasteiger partial charge in [-0.05, 0) is 48.5 Å². The summed E-state index contributed by atoms with van der Waals surface area (Å²) in [5.41, 5.74) is 7.81. The molecule has 0 unspecified atom stereocenters. The van der Waals surface area contributed by atoms with Crippen LogP contribution in [0.1, 0.15) is 20.7 Å². The van der Waals surface area contributed by atoms with E-state index in [1.165, 1.54) is 23.1 Å². The minimum Gasteiger partial charge on any atom is -0.366 e. The van der Waals surface area contributed by atoms with Crippen LogP contribution < -0.4 is 10.6 Å². The van der Waals surface area contributed by atoms with E-state index < -0.39 is 5.91 Å². The summed E-state index contributed by atoms with van der Waals surface area (Å²) < 4.78 is 0. The lowest BCUT2D eigenvalue weighted by atomic mass is 10.1. The summed E-state index contributed by atoms with van der Waals surface area (Å²) in [5, 5.41) is 0.666. The Bertz CT molecular complexity index is 1020. The molecular weight excluding hydrogens is 385 g/mol. The highest BCUT2D eigenvalue weighted by atomic mass is 35.5. The fourth-order valence-electron chi connectivity index (χ4n) is 2.60. The molecule has 136 valence electrons. The van der Waals surface area contributed by atoms with Crippen molar-refractivity contribution in [2.24, 2.45) is 5.73 Å². The van der Waals surface area contributed by atoms with Crippen LogP contribution in [0.3, 0.4) is 0 Å². The van der Waals surface area contributed by atoms with Crippen molar-refractivity contribution in [1.29, 1.82) is 0 Å².